The minimum atomic E-state index is -1.04. The number of nitrogens with zero attached hydrogens (tertiary/aromatic N) is 2. The molecule has 32 heavy (non-hydrogen) atoms. The second kappa shape index (κ2) is 9.95. The number of esters is 1. The van der Waals surface area contributed by atoms with Gasteiger partial charge in [-0.1, -0.05) is 29.8 Å². The molecule has 0 saturated carbocycles. The van der Waals surface area contributed by atoms with Crippen LogP contribution in [0.15, 0.2) is 47.4 Å². The number of hydrogen-bond acceptors (Lipinski definition) is 8. The molecule has 0 bridgehead atoms. The number of aliphatic hydroxyl groups is 1. The summed E-state index contributed by atoms with van der Waals surface area (Å²) in [5, 5.41) is 33.2. The average Bonchev–Trinajstić information content (AvgIpc) is 3.16. The molecule has 0 amide bonds. The van der Waals surface area contributed by atoms with Gasteiger partial charge in [0.05, 0.1) is 18.4 Å². The summed E-state index contributed by atoms with van der Waals surface area (Å²) in [4.78, 5) is 25.9. The number of benzene rings is 1. The molecule has 7 nitrogen and oxygen atoms in total. The van der Waals surface area contributed by atoms with E-state index in [0.29, 0.717) is 16.1 Å². The molecule has 0 radical (unpaired) electrons. The molecule has 8 heteroatoms. The summed E-state index contributed by atoms with van der Waals surface area (Å²) < 4.78 is 4.57. The van der Waals surface area contributed by atoms with Crippen LogP contribution in [0.5, 0.6) is 0 Å². The Bertz CT molecular complexity index is 1210. The van der Waals surface area contributed by atoms with Crippen molar-refractivity contribution in [3.05, 3.63) is 74.5 Å². The van der Waals surface area contributed by atoms with E-state index in [4.69, 9.17) is 0 Å². The van der Waals surface area contributed by atoms with Crippen LogP contribution >= 0.6 is 11.3 Å². The highest BCUT2D eigenvalue weighted by atomic mass is 32.1. The van der Waals surface area contributed by atoms with Crippen molar-refractivity contribution in [3.8, 4) is 12.1 Å². The van der Waals surface area contributed by atoms with E-state index in [2.05, 4.69) is 16.1 Å². The lowest BCUT2D eigenvalue weighted by Gasteiger charge is -2.11. The molecule has 0 atom stereocenters. The molecule has 2 aromatic rings. The van der Waals surface area contributed by atoms with Crippen LogP contribution in [0.1, 0.15) is 44.8 Å². The van der Waals surface area contributed by atoms with Gasteiger partial charge in [0.25, 0.3) is 0 Å². The number of methoxy groups -OCH3 is 1. The van der Waals surface area contributed by atoms with Gasteiger partial charge in [0.15, 0.2) is 17.1 Å². The van der Waals surface area contributed by atoms with Crippen molar-refractivity contribution in [3.63, 3.8) is 0 Å². The van der Waals surface area contributed by atoms with Crippen molar-refractivity contribution in [2.24, 2.45) is 0 Å². The summed E-state index contributed by atoms with van der Waals surface area (Å²) in [6.07, 6.45) is 4.76. The summed E-state index contributed by atoms with van der Waals surface area (Å²) in [7, 11) is 1.09. The van der Waals surface area contributed by atoms with Gasteiger partial charge in [0.1, 0.15) is 17.1 Å². The van der Waals surface area contributed by atoms with Crippen LogP contribution in [-0.2, 0) is 22.4 Å². The fourth-order valence-corrected chi connectivity index (χ4v) is 4.67. The lowest BCUT2D eigenvalue weighted by molar-refractivity contribution is -0.135. The normalized spacial score (nSPS) is 13.8. The highest BCUT2D eigenvalue weighted by Gasteiger charge is 2.24. The Kier molecular flexibility index (Phi) is 7.09. The zero-order valence-electron chi connectivity index (χ0n) is 17.7. The predicted octanol–water partition coefficient (Wildman–Crippen LogP) is 4.49. The first-order chi connectivity index (χ1) is 15.4. The number of carbonyl (C=O) groups is 2. The zero-order valence-corrected chi connectivity index (χ0v) is 18.5. The Morgan fingerprint density at radius 1 is 1.19 bits per heavy atom. The minimum Gasteiger partial charge on any atom is -0.504 e. The van der Waals surface area contributed by atoms with E-state index in [0.717, 1.165) is 54.9 Å². The first kappa shape index (κ1) is 22.8. The summed E-state index contributed by atoms with van der Waals surface area (Å²) >= 11 is 1.37. The van der Waals surface area contributed by atoms with Crippen molar-refractivity contribution < 1.29 is 19.4 Å². The number of aliphatic hydroxyl groups excluding tert-OH is 1. The Hall–Kier alpha value is -3.88. The lowest BCUT2D eigenvalue weighted by Crippen LogP contribution is -2.13. The smallest absolute Gasteiger partial charge is 0.352 e. The number of rotatable bonds is 6. The molecule has 1 aromatic heterocycles. The van der Waals surface area contributed by atoms with E-state index in [-0.39, 0.29) is 5.70 Å². The van der Waals surface area contributed by atoms with Gasteiger partial charge in [0.2, 0.25) is 0 Å². The highest BCUT2D eigenvalue weighted by Crippen LogP contribution is 2.38. The number of nitrogens with one attached hydrogen (secondary N) is 1. The molecule has 1 aliphatic carbocycles. The molecule has 0 saturated heterocycles. The number of anilines is 1. The number of allylic oxidation sites excluding steroid dienone is 1. The van der Waals surface area contributed by atoms with Gasteiger partial charge in [-0.15, -0.1) is 11.3 Å². The standard InChI is InChI=1S/C24H21N3O4S/c1-14-7-9-15(10-8-14)20(28)11-19(22(29)18(13-26)24(30)31-2)27-23-17(12-25)16-5-3-4-6-21(16)32-23/h7-11,27,29H,3-6H2,1-2H3. The first-order valence-corrected chi connectivity index (χ1v) is 10.8. The Morgan fingerprint density at radius 3 is 2.50 bits per heavy atom. The SMILES string of the molecule is COC(=O)C(C#N)=C(O)C(=CC(=O)c1ccc(C)cc1)Nc1sc2c(c1C#N)CCCC2. The third kappa shape index (κ3) is 4.72. The number of aryl methyl sites for hydroxylation is 2. The number of ketones is 1. The van der Waals surface area contributed by atoms with Crippen LogP contribution in [0.4, 0.5) is 5.00 Å². The average molecular weight is 448 g/mol. The second-order valence-electron chi connectivity index (χ2n) is 7.27. The van der Waals surface area contributed by atoms with Gasteiger partial charge in [-0.3, -0.25) is 4.79 Å². The third-order valence-electron chi connectivity index (χ3n) is 5.14. The number of hydrogen-bond donors (Lipinski definition) is 2. The van der Waals surface area contributed by atoms with E-state index in [1.54, 1.807) is 30.3 Å². The summed E-state index contributed by atoms with van der Waals surface area (Å²) in [6, 6.07) is 10.7. The van der Waals surface area contributed by atoms with Crippen LogP contribution in [-0.4, -0.2) is 24.0 Å². The number of carbonyl (C=O) groups excluding carboxylic acids is 2. The van der Waals surface area contributed by atoms with Crippen molar-refractivity contribution in [1.29, 1.82) is 10.5 Å². The molecule has 162 valence electrons. The number of nitriles is 2. The largest absolute Gasteiger partial charge is 0.504 e. The van der Waals surface area contributed by atoms with Gasteiger partial charge >= 0.3 is 5.97 Å². The lowest BCUT2D eigenvalue weighted by atomic mass is 9.96. The summed E-state index contributed by atoms with van der Waals surface area (Å²) in [5.74, 6) is -2.21. The fraction of sp³-hybridized carbons (Fsp3) is 0.250. The molecule has 1 aliphatic rings. The van der Waals surface area contributed by atoms with Gasteiger partial charge < -0.3 is 15.2 Å². The van der Waals surface area contributed by atoms with E-state index < -0.39 is 23.1 Å². The number of fused-ring (bicyclic) bond motifs is 1. The van der Waals surface area contributed by atoms with Crippen LogP contribution < -0.4 is 5.32 Å². The van der Waals surface area contributed by atoms with Gasteiger partial charge in [-0.25, -0.2) is 4.79 Å². The van der Waals surface area contributed by atoms with Crippen molar-refractivity contribution in [1.82, 2.24) is 0 Å². The highest BCUT2D eigenvalue weighted by molar-refractivity contribution is 7.16. The molecule has 2 N–H and O–H groups in total. The topological polar surface area (TPSA) is 123 Å². The van der Waals surface area contributed by atoms with Crippen LogP contribution in [0, 0.1) is 29.6 Å². The molecule has 1 aromatic carbocycles. The number of ether oxygens (including phenoxy) is 1. The fourth-order valence-electron chi connectivity index (χ4n) is 3.42. The summed E-state index contributed by atoms with van der Waals surface area (Å²) in [6.45, 7) is 1.89. The maximum absolute atomic E-state index is 12.8. The molecule has 0 unspecified atom stereocenters. The summed E-state index contributed by atoms with van der Waals surface area (Å²) in [5.41, 5.74) is 1.95. The molecule has 1 heterocycles. The van der Waals surface area contributed by atoms with Crippen molar-refractivity contribution in [2.45, 2.75) is 32.6 Å². The van der Waals surface area contributed by atoms with Gasteiger partial charge in [-0.05, 0) is 38.2 Å². The monoisotopic (exact) mass is 447 g/mol. The van der Waals surface area contributed by atoms with Crippen LogP contribution in [0.25, 0.3) is 0 Å². The molecule has 0 spiro atoms. The van der Waals surface area contributed by atoms with E-state index in [9.17, 15) is 25.2 Å². The van der Waals surface area contributed by atoms with Crippen LogP contribution in [0.3, 0.4) is 0 Å². The van der Waals surface area contributed by atoms with Crippen molar-refractivity contribution >= 4 is 28.1 Å². The third-order valence-corrected chi connectivity index (χ3v) is 6.34. The molecule has 0 aliphatic heterocycles. The quantitative estimate of drug-likeness (QED) is 0.167. The number of thiophene rings is 1. The van der Waals surface area contributed by atoms with E-state index >= 15 is 0 Å². The Labute approximate surface area is 189 Å². The molecular formula is C24H21N3O4S. The van der Waals surface area contributed by atoms with E-state index in [1.807, 2.05) is 6.92 Å². The minimum absolute atomic E-state index is 0.160. The van der Waals surface area contributed by atoms with E-state index in [1.165, 1.54) is 11.3 Å². The van der Waals surface area contributed by atoms with Crippen molar-refractivity contribution in [2.75, 3.05) is 12.4 Å². The Morgan fingerprint density at radius 2 is 1.88 bits per heavy atom. The molecular weight excluding hydrogens is 426 g/mol. The molecule has 0 fully saturated rings. The first-order valence-electron chi connectivity index (χ1n) is 9.96. The molecule has 3 rings (SSSR count). The maximum atomic E-state index is 12.8. The predicted molar refractivity (Wildman–Crippen MR) is 120 cm³/mol. The zero-order chi connectivity index (χ0) is 23.3. The second-order valence-corrected chi connectivity index (χ2v) is 8.37. The maximum Gasteiger partial charge on any atom is 0.352 e. The van der Waals surface area contributed by atoms with Gasteiger partial charge in [-0.2, -0.15) is 10.5 Å². The van der Waals surface area contributed by atoms with Gasteiger partial charge in [0, 0.05) is 16.5 Å². The Balaban J connectivity index is 2.10. The van der Waals surface area contributed by atoms with Crippen LogP contribution in [0.2, 0.25) is 0 Å².